The molecular formula is C21H28N4O2. The number of piperazine rings is 1. The van der Waals surface area contributed by atoms with Gasteiger partial charge in [0.05, 0.1) is 6.54 Å². The molecule has 0 radical (unpaired) electrons. The number of fused-ring (bicyclic) bond motifs is 1. The van der Waals surface area contributed by atoms with E-state index in [1.54, 1.807) is 0 Å². The molecular weight excluding hydrogens is 340 g/mol. The molecule has 6 nitrogen and oxygen atoms in total. The number of aromatic amines is 1. The van der Waals surface area contributed by atoms with Crippen molar-refractivity contribution < 1.29 is 4.79 Å². The van der Waals surface area contributed by atoms with Gasteiger partial charge < -0.3 is 9.88 Å². The number of pyridine rings is 1. The Hall–Kier alpha value is -2.18. The van der Waals surface area contributed by atoms with Gasteiger partial charge in [-0.2, -0.15) is 0 Å². The fourth-order valence-corrected chi connectivity index (χ4v) is 4.09. The molecule has 0 atom stereocenters. The number of benzene rings is 1. The van der Waals surface area contributed by atoms with Gasteiger partial charge in [0.1, 0.15) is 0 Å². The lowest BCUT2D eigenvalue weighted by atomic mass is 10.1. The lowest BCUT2D eigenvalue weighted by Gasteiger charge is -2.34. The average Bonchev–Trinajstić information content (AvgIpc) is 3.19. The minimum atomic E-state index is -0.00186. The molecule has 1 N–H and O–H groups in total. The number of hydrogen-bond donors (Lipinski definition) is 1. The molecule has 1 amide bonds. The summed E-state index contributed by atoms with van der Waals surface area (Å²) >= 11 is 0. The number of nitrogens with zero attached hydrogens (tertiary/aromatic N) is 3. The average molecular weight is 368 g/mol. The number of H-pyrrole nitrogens is 1. The highest BCUT2D eigenvalue weighted by Crippen LogP contribution is 2.15. The fraction of sp³-hybridized carbons (Fsp3) is 0.524. The van der Waals surface area contributed by atoms with Crippen LogP contribution < -0.4 is 5.56 Å². The lowest BCUT2D eigenvalue weighted by Crippen LogP contribution is -2.49. The zero-order valence-corrected chi connectivity index (χ0v) is 16.0. The molecule has 27 heavy (non-hydrogen) atoms. The van der Waals surface area contributed by atoms with Crippen molar-refractivity contribution in [2.45, 2.75) is 26.3 Å². The van der Waals surface area contributed by atoms with E-state index in [4.69, 9.17) is 0 Å². The van der Waals surface area contributed by atoms with Crippen LogP contribution in [0.25, 0.3) is 10.9 Å². The summed E-state index contributed by atoms with van der Waals surface area (Å²) in [5, 5.41) is 1.08. The van der Waals surface area contributed by atoms with Crippen molar-refractivity contribution in [2.24, 2.45) is 0 Å². The van der Waals surface area contributed by atoms with Crippen LogP contribution >= 0.6 is 0 Å². The molecule has 1 aromatic heterocycles. The smallest absolute Gasteiger partial charge is 0.252 e. The molecule has 2 aromatic rings. The molecule has 0 unspecified atom stereocenters. The number of amides is 1. The molecule has 144 valence electrons. The summed E-state index contributed by atoms with van der Waals surface area (Å²) in [5.41, 5.74) is 2.89. The summed E-state index contributed by atoms with van der Waals surface area (Å²) in [6.45, 7) is 8.63. The Morgan fingerprint density at radius 2 is 1.70 bits per heavy atom. The van der Waals surface area contributed by atoms with Crippen LogP contribution in [0.5, 0.6) is 0 Å². The van der Waals surface area contributed by atoms with Gasteiger partial charge in [-0.3, -0.25) is 19.4 Å². The Morgan fingerprint density at radius 1 is 1.00 bits per heavy atom. The van der Waals surface area contributed by atoms with Crippen molar-refractivity contribution in [3.05, 3.63) is 45.7 Å². The number of carbonyl (C=O) groups excluding carboxylic acids is 1. The highest BCUT2D eigenvalue weighted by Gasteiger charge is 2.23. The lowest BCUT2D eigenvalue weighted by molar-refractivity contribution is -0.131. The second kappa shape index (κ2) is 7.82. The Labute approximate surface area is 159 Å². The zero-order chi connectivity index (χ0) is 18.8. The number of carbonyl (C=O) groups is 1. The predicted octanol–water partition coefficient (Wildman–Crippen LogP) is 1.58. The van der Waals surface area contributed by atoms with Crippen LogP contribution in [0.3, 0.4) is 0 Å². The maximum Gasteiger partial charge on any atom is 0.252 e. The Morgan fingerprint density at radius 3 is 2.44 bits per heavy atom. The van der Waals surface area contributed by atoms with E-state index >= 15 is 0 Å². The minimum absolute atomic E-state index is 0.00186. The minimum Gasteiger partial charge on any atom is -0.342 e. The van der Waals surface area contributed by atoms with Crippen molar-refractivity contribution in [2.75, 3.05) is 45.8 Å². The van der Waals surface area contributed by atoms with Crippen LogP contribution in [-0.2, 0) is 11.3 Å². The number of aromatic nitrogens is 1. The molecule has 1 aromatic carbocycles. The molecule has 2 saturated heterocycles. The van der Waals surface area contributed by atoms with Gasteiger partial charge in [-0.25, -0.2) is 0 Å². The molecule has 6 heteroatoms. The van der Waals surface area contributed by atoms with Gasteiger partial charge in [0, 0.05) is 56.9 Å². The first-order valence-electron chi connectivity index (χ1n) is 9.93. The first kappa shape index (κ1) is 18.2. The van der Waals surface area contributed by atoms with Crippen molar-refractivity contribution in [3.63, 3.8) is 0 Å². The third kappa shape index (κ3) is 4.22. The van der Waals surface area contributed by atoms with E-state index in [0.29, 0.717) is 13.1 Å². The summed E-state index contributed by atoms with van der Waals surface area (Å²) in [4.78, 5) is 34.3. The first-order valence-corrected chi connectivity index (χ1v) is 9.93. The summed E-state index contributed by atoms with van der Waals surface area (Å²) < 4.78 is 0. The number of hydrogen-bond acceptors (Lipinski definition) is 4. The van der Waals surface area contributed by atoms with Gasteiger partial charge >= 0.3 is 0 Å². The van der Waals surface area contributed by atoms with Crippen molar-refractivity contribution in [3.8, 4) is 0 Å². The van der Waals surface area contributed by atoms with Crippen molar-refractivity contribution in [1.82, 2.24) is 19.7 Å². The highest BCUT2D eigenvalue weighted by molar-refractivity contribution is 5.79. The van der Waals surface area contributed by atoms with Gasteiger partial charge in [-0.15, -0.1) is 0 Å². The molecule has 0 saturated carbocycles. The molecule has 2 aliphatic rings. The topological polar surface area (TPSA) is 59.7 Å². The molecule has 0 bridgehead atoms. The third-order valence-corrected chi connectivity index (χ3v) is 5.75. The molecule has 0 aliphatic carbocycles. The van der Waals surface area contributed by atoms with Crippen LogP contribution in [-0.4, -0.2) is 71.4 Å². The van der Waals surface area contributed by atoms with Gasteiger partial charge in [0.25, 0.3) is 5.56 Å². The van der Waals surface area contributed by atoms with Crippen LogP contribution in [0.4, 0.5) is 0 Å². The van der Waals surface area contributed by atoms with Crippen LogP contribution in [0, 0.1) is 6.92 Å². The summed E-state index contributed by atoms with van der Waals surface area (Å²) in [6.07, 6.45) is 2.28. The Balaban J connectivity index is 1.35. The largest absolute Gasteiger partial charge is 0.342 e. The van der Waals surface area contributed by atoms with Crippen LogP contribution in [0.15, 0.2) is 29.1 Å². The molecule has 2 aliphatic heterocycles. The highest BCUT2D eigenvalue weighted by atomic mass is 16.2. The number of aryl methyl sites for hydroxylation is 1. The van der Waals surface area contributed by atoms with Crippen LogP contribution in [0.2, 0.25) is 0 Å². The number of rotatable bonds is 4. The van der Waals surface area contributed by atoms with E-state index in [1.807, 2.05) is 23.1 Å². The number of nitrogens with one attached hydrogen (secondary N) is 1. The fourth-order valence-electron chi connectivity index (χ4n) is 4.09. The van der Waals surface area contributed by atoms with Crippen LogP contribution in [0.1, 0.15) is 24.0 Å². The number of likely N-dealkylation sites (tertiary alicyclic amines) is 1. The van der Waals surface area contributed by atoms with E-state index in [2.05, 4.69) is 27.8 Å². The molecule has 0 spiro atoms. The van der Waals surface area contributed by atoms with Gasteiger partial charge in [0.2, 0.25) is 5.91 Å². The normalized spacial score (nSPS) is 19.1. The summed E-state index contributed by atoms with van der Waals surface area (Å²) in [7, 11) is 0. The van der Waals surface area contributed by atoms with Crippen molar-refractivity contribution >= 4 is 16.8 Å². The van der Waals surface area contributed by atoms with Gasteiger partial charge in [-0.1, -0.05) is 11.6 Å². The van der Waals surface area contributed by atoms with Gasteiger partial charge in [0.15, 0.2) is 0 Å². The van der Waals surface area contributed by atoms with E-state index in [9.17, 15) is 9.59 Å². The molecule has 3 heterocycles. The standard InChI is InChI=1S/C21H28N4O2/c1-16-4-5-19-17(12-16)13-18(21(27)22-19)14-23-8-10-24(11-9-23)15-20(26)25-6-2-3-7-25/h4-5,12-13H,2-3,6-11,14-15H2,1H3,(H,22,27). The van der Waals surface area contributed by atoms with Gasteiger partial charge in [-0.05, 0) is 43.4 Å². The first-order chi connectivity index (χ1) is 13.1. The summed E-state index contributed by atoms with van der Waals surface area (Å²) in [5.74, 6) is 0.266. The molecule has 4 rings (SSSR count). The Bertz CT molecular complexity index is 877. The van der Waals surface area contributed by atoms with E-state index in [-0.39, 0.29) is 11.5 Å². The second-order valence-electron chi connectivity index (χ2n) is 7.85. The zero-order valence-electron chi connectivity index (χ0n) is 16.0. The van der Waals surface area contributed by atoms with E-state index in [0.717, 1.165) is 68.6 Å². The van der Waals surface area contributed by atoms with E-state index in [1.165, 1.54) is 5.56 Å². The summed E-state index contributed by atoms with van der Waals surface area (Å²) in [6, 6.07) is 8.10. The quantitative estimate of drug-likeness (QED) is 0.890. The third-order valence-electron chi connectivity index (χ3n) is 5.75. The molecule has 2 fully saturated rings. The maximum absolute atomic E-state index is 12.4. The Kier molecular flexibility index (Phi) is 5.27. The van der Waals surface area contributed by atoms with Crippen molar-refractivity contribution in [1.29, 1.82) is 0 Å². The SMILES string of the molecule is Cc1ccc2[nH]c(=O)c(CN3CCN(CC(=O)N4CCCC4)CC3)cc2c1. The monoisotopic (exact) mass is 368 g/mol. The second-order valence-corrected chi connectivity index (χ2v) is 7.85. The predicted molar refractivity (Wildman–Crippen MR) is 107 cm³/mol. The maximum atomic E-state index is 12.4. The van der Waals surface area contributed by atoms with E-state index < -0.39 is 0 Å².